The number of amides is 1. The smallest absolute Gasteiger partial charge is 0.241 e. The van der Waals surface area contributed by atoms with E-state index < -0.39 is 0 Å². The number of carbonyl (C=O) groups is 1. The van der Waals surface area contributed by atoms with Gasteiger partial charge in [0, 0.05) is 11.8 Å². The minimum absolute atomic E-state index is 0.139. The van der Waals surface area contributed by atoms with E-state index in [2.05, 4.69) is 20.4 Å². The quantitative estimate of drug-likeness (QED) is 0.520. The first-order valence-corrected chi connectivity index (χ1v) is 9.09. The molecule has 0 fully saturated rings. The monoisotopic (exact) mass is 404 g/mol. The molecule has 0 bridgehead atoms. The molecule has 0 radical (unpaired) electrons. The number of anilines is 1. The third-order valence-corrected chi connectivity index (χ3v) is 4.42. The third-order valence-electron chi connectivity index (χ3n) is 4.42. The molecular weight excluding hydrogens is 387 g/mol. The van der Waals surface area contributed by atoms with Crippen LogP contribution >= 0.6 is 0 Å². The lowest BCUT2D eigenvalue weighted by molar-refractivity contribution is -0.115. The number of rotatable bonds is 6. The predicted molar refractivity (Wildman–Crippen MR) is 108 cm³/mol. The number of nitrogens with zero attached hydrogens (tertiary/aromatic N) is 3. The van der Waals surface area contributed by atoms with Crippen molar-refractivity contribution in [3.05, 3.63) is 78.5 Å². The molecule has 0 aliphatic carbocycles. The second-order valence-corrected chi connectivity index (χ2v) is 6.41. The first-order valence-electron chi connectivity index (χ1n) is 9.09. The Kier molecular flexibility index (Phi) is 5.47. The molecule has 8 heteroatoms. The lowest BCUT2D eigenvalue weighted by Gasteiger charge is -2.06. The summed E-state index contributed by atoms with van der Waals surface area (Å²) in [4.78, 5) is 20.8. The summed E-state index contributed by atoms with van der Waals surface area (Å²) in [5.41, 5.74) is 2.89. The third kappa shape index (κ3) is 4.17. The Morgan fingerprint density at radius 1 is 1.10 bits per heavy atom. The molecule has 2 aromatic carbocycles. The number of halogens is 1. The first-order chi connectivity index (χ1) is 14.6. The highest BCUT2D eigenvalue weighted by molar-refractivity contribution is 5.97. The van der Waals surface area contributed by atoms with Gasteiger partial charge in [-0.2, -0.15) is 0 Å². The SMILES string of the molecule is COc1ccc(CC(=O)Nc2onc(-c3ccc(F)cc3)c2-c2ccncn2)cc1. The fourth-order valence-corrected chi connectivity index (χ4v) is 2.96. The maximum atomic E-state index is 13.3. The van der Waals surface area contributed by atoms with Crippen LogP contribution in [0.1, 0.15) is 5.56 Å². The molecule has 0 saturated heterocycles. The molecule has 0 aliphatic rings. The number of methoxy groups -OCH3 is 1. The molecule has 7 nitrogen and oxygen atoms in total. The minimum Gasteiger partial charge on any atom is -0.497 e. The highest BCUT2D eigenvalue weighted by atomic mass is 19.1. The highest BCUT2D eigenvalue weighted by Crippen LogP contribution is 2.36. The molecule has 0 aliphatic heterocycles. The van der Waals surface area contributed by atoms with Crippen molar-refractivity contribution in [1.29, 1.82) is 0 Å². The van der Waals surface area contributed by atoms with Crippen molar-refractivity contribution in [2.45, 2.75) is 6.42 Å². The Bertz CT molecular complexity index is 1140. The average Bonchev–Trinajstić information content (AvgIpc) is 3.18. The van der Waals surface area contributed by atoms with Gasteiger partial charge in [0.15, 0.2) is 0 Å². The summed E-state index contributed by atoms with van der Waals surface area (Å²) < 4.78 is 23.9. The van der Waals surface area contributed by atoms with E-state index >= 15 is 0 Å². The van der Waals surface area contributed by atoms with Crippen LogP contribution in [0.25, 0.3) is 22.5 Å². The standard InChI is InChI=1S/C22H17FN4O3/c1-29-17-8-2-14(3-9-17)12-19(28)26-22-20(18-10-11-24-13-25-18)21(27-30-22)15-4-6-16(23)7-5-15/h2-11,13H,12H2,1H3,(H,26,28). The summed E-state index contributed by atoms with van der Waals surface area (Å²) in [7, 11) is 1.58. The normalized spacial score (nSPS) is 10.6. The van der Waals surface area contributed by atoms with Crippen LogP contribution in [0.5, 0.6) is 5.75 Å². The summed E-state index contributed by atoms with van der Waals surface area (Å²) in [5.74, 6) is 0.229. The molecule has 2 heterocycles. The Labute approximate surface area is 171 Å². The summed E-state index contributed by atoms with van der Waals surface area (Å²) in [5, 5.41) is 6.84. The zero-order valence-electron chi connectivity index (χ0n) is 16.0. The van der Waals surface area contributed by atoms with E-state index in [0.29, 0.717) is 28.3 Å². The molecule has 1 N–H and O–H groups in total. The summed E-state index contributed by atoms with van der Waals surface area (Å²) in [6.45, 7) is 0. The summed E-state index contributed by atoms with van der Waals surface area (Å²) >= 11 is 0. The van der Waals surface area contributed by atoms with E-state index in [4.69, 9.17) is 9.26 Å². The van der Waals surface area contributed by atoms with Crippen LogP contribution in [0.15, 0.2) is 71.6 Å². The Hall–Kier alpha value is -4.07. The van der Waals surface area contributed by atoms with Gasteiger partial charge in [0.2, 0.25) is 11.8 Å². The van der Waals surface area contributed by atoms with Gasteiger partial charge in [-0.15, -0.1) is 0 Å². The molecule has 4 rings (SSSR count). The van der Waals surface area contributed by atoms with Gasteiger partial charge in [0.25, 0.3) is 0 Å². The van der Waals surface area contributed by atoms with E-state index in [1.807, 2.05) is 12.1 Å². The summed E-state index contributed by atoms with van der Waals surface area (Å²) in [6.07, 6.45) is 3.10. The zero-order chi connectivity index (χ0) is 20.9. The number of benzene rings is 2. The Morgan fingerprint density at radius 3 is 2.53 bits per heavy atom. The van der Waals surface area contributed by atoms with Gasteiger partial charge < -0.3 is 9.26 Å². The van der Waals surface area contributed by atoms with E-state index in [-0.39, 0.29) is 24.0 Å². The van der Waals surface area contributed by atoms with Gasteiger partial charge in [-0.25, -0.2) is 14.4 Å². The Morgan fingerprint density at radius 2 is 1.87 bits per heavy atom. The van der Waals surface area contributed by atoms with Crippen LogP contribution in [0.3, 0.4) is 0 Å². The van der Waals surface area contributed by atoms with Crippen LogP contribution < -0.4 is 10.1 Å². The Balaban J connectivity index is 1.64. The predicted octanol–water partition coefficient (Wildman–Crippen LogP) is 4.13. The van der Waals surface area contributed by atoms with Crippen LogP contribution in [0, 0.1) is 5.82 Å². The molecule has 30 heavy (non-hydrogen) atoms. The van der Waals surface area contributed by atoms with E-state index in [1.54, 1.807) is 43.6 Å². The van der Waals surface area contributed by atoms with Crippen molar-refractivity contribution in [3.8, 4) is 28.3 Å². The molecule has 150 valence electrons. The fraction of sp³-hybridized carbons (Fsp3) is 0.0909. The number of nitrogens with one attached hydrogen (secondary N) is 1. The summed E-state index contributed by atoms with van der Waals surface area (Å²) in [6, 6.07) is 14.7. The fourth-order valence-electron chi connectivity index (χ4n) is 2.96. The second kappa shape index (κ2) is 8.52. The molecule has 0 unspecified atom stereocenters. The van der Waals surface area contributed by atoms with E-state index in [1.165, 1.54) is 18.5 Å². The highest BCUT2D eigenvalue weighted by Gasteiger charge is 2.22. The maximum absolute atomic E-state index is 13.3. The lowest BCUT2D eigenvalue weighted by Crippen LogP contribution is -2.14. The van der Waals surface area contributed by atoms with Gasteiger partial charge in [0.1, 0.15) is 23.6 Å². The molecule has 1 amide bonds. The van der Waals surface area contributed by atoms with Crippen LogP contribution in [0.2, 0.25) is 0 Å². The average molecular weight is 404 g/mol. The van der Waals surface area contributed by atoms with Crippen LogP contribution in [0.4, 0.5) is 10.3 Å². The number of aromatic nitrogens is 3. The molecule has 4 aromatic rings. The number of hydrogen-bond donors (Lipinski definition) is 1. The van der Waals surface area contributed by atoms with Crippen molar-refractivity contribution in [2.24, 2.45) is 0 Å². The molecule has 0 saturated carbocycles. The van der Waals surface area contributed by atoms with Gasteiger partial charge in [0.05, 0.1) is 24.8 Å². The first kappa shape index (κ1) is 19.3. The zero-order valence-corrected chi connectivity index (χ0v) is 16.0. The van der Waals surface area contributed by atoms with Crippen molar-refractivity contribution >= 4 is 11.8 Å². The van der Waals surface area contributed by atoms with Crippen molar-refractivity contribution in [2.75, 3.05) is 12.4 Å². The second-order valence-electron chi connectivity index (χ2n) is 6.41. The van der Waals surface area contributed by atoms with Crippen molar-refractivity contribution in [1.82, 2.24) is 15.1 Å². The number of ether oxygens (including phenoxy) is 1. The largest absolute Gasteiger partial charge is 0.497 e. The van der Waals surface area contributed by atoms with Crippen LogP contribution in [-0.2, 0) is 11.2 Å². The maximum Gasteiger partial charge on any atom is 0.241 e. The molecular formula is C22H17FN4O3. The van der Waals surface area contributed by atoms with Gasteiger partial charge >= 0.3 is 0 Å². The lowest BCUT2D eigenvalue weighted by atomic mass is 10.0. The van der Waals surface area contributed by atoms with Crippen LogP contribution in [-0.4, -0.2) is 28.1 Å². The van der Waals surface area contributed by atoms with Gasteiger partial charge in [-0.05, 0) is 48.0 Å². The minimum atomic E-state index is -0.362. The van der Waals surface area contributed by atoms with Crippen molar-refractivity contribution < 1.29 is 18.4 Å². The van der Waals surface area contributed by atoms with Gasteiger partial charge in [-0.3, -0.25) is 10.1 Å². The molecule has 0 atom stereocenters. The number of hydrogen-bond acceptors (Lipinski definition) is 6. The van der Waals surface area contributed by atoms with Gasteiger partial charge in [-0.1, -0.05) is 17.3 Å². The number of carbonyl (C=O) groups excluding carboxylic acids is 1. The van der Waals surface area contributed by atoms with E-state index in [0.717, 1.165) is 5.56 Å². The van der Waals surface area contributed by atoms with Crippen molar-refractivity contribution in [3.63, 3.8) is 0 Å². The van der Waals surface area contributed by atoms with E-state index in [9.17, 15) is 9.18 Å². The molecule has 0 spiro atoms. The topological polar surface area (TPSA) is 90.1 Å². The molecule has 2 aromatic heterocycles.